The van der Waals surface area contributed by atoms with E-state index in [4.69, 9.17) is 5.73 Å². The molecule has 0 saturated heterocycles. The van der Waals surface area contributed by atoms with Gasteiger partial charge in [-0.2, -0.15) is 0 Å². The van der Waals surface area contributed by atoms with Gasteiger partial charge in [-0.05, 0) is 38.0 Å². The molecule has 2 aliphatic rings. The first-order valence-electron chi connectivity index (χ1n) is 6.81. The van der Waals surface area contributed by atoms with Crippen molar-refractivity contribution in [1.82, 2.24) is 10.2 Å². The van der Waals surface area contributed by atoms with Gasteiger partial charge in [0.2, 0.25) is 11.8 Å². The molecule has 0 spiro atoms. The second-order valence-electron chi connectivity index (χ2n) is 5.56. The Morgan fingerprint density at radius 3 is 2.56 bits per heavy atom. The lowest BCUT2D eigenvalue weighted by Gasteiger charge is -2.27. The number of likely N-dealkylation sites (N-methyl/N-ethyl adjacent to an activating group) is 1. The van der Waals surface area contributed by atoms with Gasteiger partial charge in [-0.15, -0.1) is 0 Å². The highest BCUT2D eigenvalue weighted by Gasteiger charge is 2.48. The van der Waals surface area contributed by atoms with Crippen LogP contribution in [0.1, 0.15) is 26.2 Å². The Balaban J connectivity index is 1.84. The van der Waals surface area contributed by atoms with Crippen molar-refractivity contribution in [2.45, 2.75) is 32.2 Å². The molecule has 2 amide bonds. The van der Waals surface area contributed by atoms with E-state index in [0.717, 1.165) is 19.3 Å². The van der Waals surface area contributed by atoms with Gasteiger partial charge in [0.05, 0.1) is 12.5 Å². The molecule has 2 aliphatic carbocycles. The van der Waals surface area contributed by atoms with Crippen LogP contribution in [-0.4, -0.2) is 42.9 Å². The van der Waals surface area contributed by atoms with Crippen LogP contribution in [0.3, 0.4) is 0 Å². The van der Waals surface area contributed by atoms with Crippen LogP contribution >= 0.6 is 0 Å². The molecule has 0 aromatic carbocycles. The van der Waals surface area contributed by atoms with E-state index in [1.807, 2.05) is 6.92 Å². The molecule has 2 rings (SSSR count). The molecule has 0 radical (unpaired) electrons. The molecule has 2 bridgehead atoms. The Kier molecular flexibility index (Phi) is 3.90. The number of carbonyl (C=O) groups excluding carboxylic acids is 2. The molecule has 18 heavy (non-hydrogen) atoms. The lowest BCUT2D eigenvalue weighted by Crippen LogP contribution is -2.47. The highest BCUT2D eigenvalue weighted by molar-refractivity contribution is 5.86. The summed E-state index contributed by atoms with van der Waals surface area (Å²) >= 11 is 0. The predicted octanol–water partition coefficient (Wildman–Crippen LogP) is -0.0457. The van der Waals surface area contributed by atoms with E-state index in [0.29, 0.717) is 18.4 Å². The van der Waals surface area contributed by atoms with Crippen LogP contribution in [0.5, 0.6) is 0 Å². The summed E-state index contributed by atoms with van der Waals surface area (Å²) in [6, 6.07) is -0.0113. The van der Waals surface area contributed by atoms with Crippen molar-refractivity contribution < 1.29 is 9.59 Å². The van der Waals surface area contributed by atoms with E-state index >= 15 is 0 Å². The zero-order valence-electron chi connectivity index (χ0n) is 11.2. The van der Waals surface area contributed by atoms with Crippen molar-refractivity contribution in [1.29, 1.82) is 0 Å². The fraction of sp³-hybridized carbons (Fsp3) is 0.846. The fourth-order valence-electron chi connectivity index (χ4n) is 3.32. The average Bonchev–Trinajstić information content (AvgIpc) is 2.95. The molecule has 0 aromatic rings. The molecular formula is C13H23N3O2. The quantitative estimate of drug-likeness (QED) is 0.738. The van der Waals surface area contributed by atoms with Gasteiger partial charge >= 0.3 is 0 Å². The van der Waals surface area contributed by atoms with Crippen LogP contribution in [-0.2, 0) is 9.59 Å². The summed E-state index contributed by atoms with van der Waals surface area (Å²) in [7, 11) is 1.73. The van der Waals surface area contributed by atoms with Crippen molar-refractivity contribution in [3.8, 4) is 0 Å². The molecule has 0 aliphatic heterocycles. The summed E-state index contributed by atoms with van der Waals surface area (Å²) in [6.45, 7) is 2.65. The number of nitrogens with two attached hydrogens (primary N) is 1. The highest BCUT2D eigenvalue weighted by Crippen LogP contribution is 2.47. The maximum atomic E-state index is 12.1. The summed E-state index contributed by atoms with van der Waals surface area (Å²) in [5.41, 5.74) is 6.10. The van der Waals surface area contributed by atoms with Gasteiger partial charge in [-0.25, -0.2) is 0 Å². The third-order valence-electron chi connectivity index (χ3n) is 4.60. The van der Waals surface area contributed by atoms with Crippen molar-refractivity contribution in [3.63, 3.8) is 0 Å². The smallest absolute Gasteiger partial charge is 0.241 e. The minimum absolute atomic E-state index is 0.0113. The van der Waals surface area contributed by atoms with Gasteiger partial charge in [-0.3, -0.25) is 9.59 Å². The third kappa shape index (κ3) is 2.36. The average molecular weight is 253 g/mol. The lowest BCUT2D eigenvalue weighted by atomic mass is 9.84. The van der Waals surface area contributed by atoms with E-state index in [1.165, 1.54) is 0 Å². The number of fused-ring (bicyclic) bond motifs is 2. The van der Waals surface area contributed by atoms with Crippen molar-refractivity contribution in [3.05, 3.63) is 0 Å². The summed E-state index contributed by atoms with van der Waals surface area (Å²) in [4.78, 5) is 25.3. The number of amides is 2. The zero-order valence-corrected chi connectivity index (χ0v) is 11.2. The standard InChI is InChI=1S/C13H23N3O2/c1-3-16(2)10(17)7-15-13(18)11-8-4-5-9(6-8)12(11)14/h8-9,11-12H,3-7,14H2,1-2H3,(H,15,18). The van der Waals surface area contributed by atoms with E-state index in [1.54, 1.807) is 11.9 Å². The molecule has 102 valence electrons. The summed E-state index contributed by atoms with van der Waals surface area (Å²) in [6.07, 6.45) is 3.36. The molecule has 5 heteroatoms. The Morgan fingerprint density at radius 2 is 2.00 bits per heavy atom. The molecular weight excluding hydrogens is 230 g/mol. The van der Waals surface area contributed by atoms with Gasteiger partial charge in [0.15, 0.2) is 0 Å². The Labute approximate surface area is 108 Å². The third-order valence-corrected chi connectivity index (χ3v) is 4.60. The van der Waals surface area contributed by atoms with Crippen LogP contribution in [0.15, 0.2) is 0 Å². The van der Waals surface area contributed by atoms with Crippen LogP contribution in [0.2, 0.25) is 0 Å². The molecule has 2 fully saturated rings. The lowest BCUT2D eigenvalue weighted by molar-refractivity contribution is -0.133. The molecule has 3 N–H and O–H groups in total. The predicted molar refractivity (Wildman–Crippen MR) is 68.6 cm³/mol. The minimum atomic E-state index is -0.0801. The molecule has 0 heterocycles. The SMILES string of the molecule is CCN(C)C(=O)CNC(=O)C1C2CCC(C2)C1N. The first-order chi connectivity index (χ1) is 8.54. The molecule has 5 nitrogen and oxygen atoms in total. The van der Waals surface area contributed by atoms with Gasteiger partial charge < -0.3 is 16.0 Å². The summed E-state index contributed by atoms with van der Waals surface area (Å²) < 4.78 is 0. The van der Waals surface area contributed by atoms with E-state index in [9.17, 15) is 9.59 Å². The van der Waals surface area contributed by atoms with Gasteiger partial charge in [-0.1, -0.05) is 0 Å². The Hall–Kier alpha value is -1.10. The number of rotatable bonds is 4. The first kappa shape index (κ1) is 13.3. The monoisotopic (exact) mass is 253 g/mol. The van der Waals surface area contributed by atoms with Crippen LogP contribution in [0.25, 0.3) is 0 Å². The molecule has 2 saturated carbocycles. The van der Waals surface area contributed by atoms with Gasteiger partial charge in [0.25, 0.3) is 0 Å². The number of carbonyl (C=O) groups is 2. The maximum Gasteiger partial charge on any atom is 0.241 e. The van der Waals surface area contributed by atoms with Crippen molar-refractivity contribution in [2.75, 3.05) is 20.1 Å². The maximum absolute atomic E-state index is 12.1. The van der Waals surface area contributed by atoms with E-state index in [2.05, 4.69) is 5.32 Å². The van der Waals surface area contributed by atoms with Gasteiger partial charge in [0.1, 0.15) is 0 Å². The first-order valence-corrected chi connectivity index (χ1v) is 6.81. The molecule has 4 unspecified atom stereocenters. The molecule has 0 aromatic heterocycles. The van der Waals surface area contributed by atoms with Gasteiger partial charge in [0, 0.05) is 19.6 Å². The second-order valence-corrected chi connectivity index (χ2v) is 5.56. The largest absolute Gasteiger partial charge is 0.347 e. The van der Waals surface area contributed by atoms with Crippen LogP contribution in [0.4, 0.5) is 0 Å². The highest BCUT2D eigenvalue weighted by atomic mass is 16.2. The number of hydrogen-bond donors (Lipinski definition) is 2. The van der Waals surface area contributed by atoms with E-state index in [-0.39, 0.29) is 30.3 Å². The normalized spacial score (nSPS) is 33.5. The second kappa shape index (κ2) is 5.26. The fourth-order valence-corrected chi connectivity index (χ4v) is 3.32. The number of nitrogens with zero attached hydrogens (tertiary/aromatic N) is 1. The number of hydrogen-bond acceptors (Lipinski definition) is 3. The summed E-state index contributed by atoms with van der Waals surface area (Å²) in [5, 5.41) is 2.74. The zero-order chi connectivity index (χ0) is 13.3. The summed E-state index contributed by atoms with van der Waals surface area (Å²) in [5.74, 6) is 0.780. The minimum Gasteiger partial charge on any atom is -0.347 e. The topological polar surface area (TPSA) is 75.4 Å². The van der Waals surface area contributed by atoms with Crippen LogP contribution < -0.4 is 11.1 Å². The Bertz CT molecular complexity index is 343. The van der Waals surface area contributed by atoms with Crippen molar-refractivity contribution in [2.24, 2.45) is 23.5 Å². The van der Waals surface area contributed by atoms with Crippen molar-refractivity contribution >= 4 is 11.8 Å². The van der Waals surface area contributed by atoms with Crippen LogP contribution in [0, 0.1) is 17.8 Å². The van der Waals surface area contributed by atoms with E-state index < -0.39 is 0 Å². The number of nitrogens with one attached hydrogen (secondary N) is 1. The molecule has 4 atom stereocenters. The Morgan fingerprint density at radius 1 is 1.33 bits per heavy atom.